The molecule has 0 spiro atoms. The lowest BCUT2D eigenvalue weighted by Crippen LogP contribution is -2.30. The topological polar surface area (TPSA) is 50.4 Å². The van der Waals surface area contributed by atoms with E-state index in [1.807, 2.05) is 45.0 Å². The standard InChI is InChI=1S/C9H13N3.C2H6/c1-7-3-5-8(6-4-7)9(11-2)12-10;1-2/h3-6H,10H2,1-2H3,(H,11,12);1-2H3. The van der Waals surface area contributed by atoms with Crippen LogP contribution in [0.1, 0.15) is 25.0 Å². The minimum Gasteiger partial charge on any atom is -0.308 e. The van der Waals surface area contributed by atoms with E-state index in [2.05, 4.69) is 10.4 Å². The largest absolute Gasteiger partial charge is 0.308 e. The van der Waals surface area contributed by atoms with Crippen molar-refractivity contribution in [2.75, 3.05) is 7.05 Å². The molecule has 0 amide bonds. The molecular weight excluding hydrogens is 174 g/mol. The number of aliphatic imine (C=N–C) groups is 1. The lowest BCUT2D eigenvalue weighted by atomic mass is 10.1. The molecule has 0 bridgehead atoms. The van der Waals surface area contributed by atoms with Gasteiger partial charge in [0.25, 0.3) is 0 Å². The third-order valence-corrected chi connectivity index (χ3v) is 1.69. The molecule has 0 heterocycles. The summed E-state index contributed by atoms with van der Waals surface area (Å²) in [4.78, 5) is 3.99. The van der Waals surface area contributed by atoms with Crippen LogP contribution >= 0.6 is 0 Å². The Morgan fingerprint density at radius 3 is 2.07 bits per heavy atom. The molecule has 0 unspecified atom stereocenters. The Morgan fingerprint density at radius 1 is 1.21 bits per heavy atom. The van der Waals surface area contributed by atoms with Gasteiger partial charge in [0.05, 0.1) is 0 Å². The first-order valence-electron chi connectivity index (χ1n) is 4.78. The van der Waals surface area contributed by atoms with E-state index >= 15 is 0 Å². The Morgan fingerprint density at radius 2 is 1.71 bits per heavy atom. The summed E-state index contributed by atoms with van der Waals surface area (Å²) in [5.41, 5.74) is 4.77. The summed E-state index contributed by atoms with van der Waals surface area (Å²) in [7, 11) is 1.70. The van der Waals surface area contributed by atoms with Crippen LogP contribution in [-0.2, 0) is 0 Å². The zero-order valence-corrected chi connectivity index (χ0v) is 9.33. The number of hydrogen-bond donors (Lipinski definition) is 2. The van der Waals surface area contributed by atoms with Gasteiger partial charge in [-0.25, -0.2) is 5.84 Å². The van der Waals surface area contributed by atoms with Crippen molar-refractivity contribution < 1.29 is 0 Å². The highest BCUT2D eigenvalue weighted by molar-refractivity contribution is 5.98. The number of aryl methyl sites for hydroxylation is 1. The molecule has 1 rings (SSSR count). The molecule has 0 aliphatic rings. The molecule has 0 aliphatic carbocycles. The molecule has 1 aromatic rings. The van der Waals surface area contributed by atoms with E-state index in [0.717, 1.165) is 5.56 Å². The SMILES string of the molecule is CC.CN=C(NN)c1ccc(C)cc1. The molecule has 0 atom stereocenters. The second kappa shape index (κ2) is 7.09. The molecule has 3 heteroatoms. The van der Waals surface area contributed by atoms with Crippen LogP contribution < -0.4 is 11.3 Å². The molecule has 0 aliphatic heterocycles. The minimum absolute atomic E-state index is 0.704. The number of benzene rings is 1. The molecule has 0 radical (unpaired) electrons. The normalized spacial score (nSPS) is 10.2. The third-order valence-electron chi connectivity index (χ3n) is 1.69. The van der Waals surface area contributed by atoms with Gasteiger partial charge in [-0.15, -0.1) is 0 Å². The van der Waals surface area contributed by atoms with Crippen LogP contribution in [0.5, 0.6) is 0 Å². The summed E-state index contributed by atoms with van der Waals surface area (Å²) in [6.45, 7) is 6.04. The van der Waals surface area contributed by atoms with Gasteiger partial charge < -0.3 is 5.43 Å². The van der Waals surface area contributed by atoms with Crippen LogP contribution in [0, 0.1) is 6.92 Å². The highest BCUT2D eigenvalue weighted by Gasteiger charge is 1.97. The van der Waals surface area contributed by atoms with Crippen molar-refractivity contribution in [1.29, 1.82) is 0 Å². The predicted molar refractivity (Wildman–Crippen MR) is 62.3 cm³/mol. The molecule has 14 heavy (non-hydrogen) atoms. The summed E-state index contributed by atoms with van der Waals surface area (Å²) in [6.07, 6.45) is 0. The average Bonchev–Trinajstić information content (AvgIpc) is 2.25. The van der Waals surface area contributed by atoms with Crippen molar-refractivity contribution in [2.24, 2.45) is 10.8 Å². The molecule has 0 saturated carbocycles. The number of nitrogens with zero attached hydrogens (tertiary/aromatic N) is 1. The molecule has 78 valence electrons. The van der Waals surface area contributed by atoms with E-state index in [1.165, 1.54) is 5.56 Å². The second-order valence-electron chi connectivity index (χ2n) is 2.58. The molecule has 3 nitrogen and oxygen atoms in total. The Bertz CT molecular complexity index is 275. The van der Waals surface area contributed by atoms with Gasteiger partial charge in [0.15, 0.2) is 0 Å². The van der Waals surface area contributed by atoms with Crippen molar-refractivity contribution >= 4 is 5.84 Å². The zero-order valence-electron chi connectivity index (χ0n) is 9.33. The Labute approximate surface area is 86.0 Å². The fourth-order valence-electron chi connectivity index (χ4n) is 0.988. The Kier molecular flexibility index (Phi) is 6.41. The van der Waals surface area contributed by atoms with Crippen molar-refractivity contribution in [3.8, 4) is 0 Å². The minimum atomic E-state index is 0.704. The van der Waals surface area contributed by atoms with Gasteiger partial charge in [-0.1, -0.05) is 43.7 Å². The zero-order chi connectivity index (χ0) is 11.0. The van der Waals surface area contributed by atoms with Crippen LogP contribution in [0.4, 0.5) is 0 Å². The van der Waals surface area contributed by atoms with E-state index in [0.29, 0.717) is 5.84 Å². The molecule has 0 saturated heterocycles. The molecule has 0 fully saturated rings. The first-order chi connectivity index (χ1) is 6.77. The first-order valence-corrected chi connectivity index (χ1v) is 4.78. The van der Waals surface area contributed by atoms with Gasteiger partial charge in [-0.3, -0.25) is 4.99 Å². The van der Waals surface area contributed by atoms with Gasteiger partial charge in [-0.05, 0) is 6.92 Å². The summed E-state index contributed by atoms with van der Waals surface area (Å²) in [5, 5.41) is 0. The molecule has 3 N–H and O–H groups in total. The van der Waals surface area contributed by atoms with Gasteiger partial charge in [0.2, 0.25) is 0 Å². The number of nitrogens with one attached hydrogen (secondary N) is 1. The fourth-order valence-corrected chi connectivity index (χ4v) is 0.988. The maximum atomic E-state index is 5.27. The quantitative estimate of drug-likeness (QED) is 0.309. The summed E-state index contributed by atoms with van der Waals surface area (Å²) in [5.74, 6) is 5.98. The maximum Gasteiger partial charge on any atom is 0.142 e. The van der Waals surface area contributed by atoms with Crippen LogP contribution in [0.15, 0.2) is 29.3 Å². The fraction of sp³-hybridized carbons (Fsp3) is 0.364. The van der Waals surface area contributed by atoms with Crippen molar-refractivity contribution in [2.45, 2.75) is 20.8 Å². The third kappa shape index (κ3) is 3.58. The second-order valence-corrected chi connectivity index (χ2v) is 2.58. The lowest BCUT2D eigenvalue weighted by molar-refractivity contribution is 1.02. The number of hydrogen-bond acceptors (Lipinski definition) is 2. The maximum absolute atomic E-state index is 5.27. The van der Waals surface area contributed by atoms with Crippen LogP contribution in [0.2, 0.25) is 0 Å². The lowest BCUT2D eigenvalue weighted by Gasteiger charge is -2.03. The van der Waals surface area contributed by atoms with Crippen molar-refractivity contribution in [3.05, 3.63) is 35.4 Å². The van der Waals surface area contributed by atoms with Gasteiger partial charge in [0.1, 0.15) is 5.84 Å². The van der Waals surface area contributed by atoms with E-state index in [4.69, 9.17) is 5.84 Å². The average molecular weight is 193 g/mol. The Hall–Kier alpha value is -1.35. The van der Waals surface area contributed by atoms with Gasteiger partial charge in [0, 0.05) is 12.6 Å². The number of rotatable bonds is 1. The van der Waals surface area contributed by atoms with Gasteiger partial charge in [-0.2, -0.15) is 0 Å². The van der Waals surface area contributed by atoms with E-state index in [-0.39, 0.29) is 0 Å². The van der Waals surface area contributed by atoms with Crippen LogP contribution in [-0.4, -0.2) is 12.9 Å². The highest BCUT2D eigenvalue weighted by Crippen LogP contribution is 2.02. The molecule has 0 aromatic heterocycles. The monoisotopic (exact) mass is 193 g/mol. The summed E-state index contributed by atoms with van der Waals surface area (Å²) < 4.78 is 0. The van der Waals surface area contributed by atoms with E-state index in [1.54, 1.807) is 7.05 Å². The summed E-state index contributed by atoms with van der Waals surface area (Å²) in [6, 6.07) is 8.02. The van der Waals surface area contributed by atoms with Crippen molar-refractivity contribution in [3.63, 3.8) is 0 Å². The Balaban J connectivity index is 0.000000791. The molecular formula is C11H19N3. The van der Waals surface area contributed by atoms with E-state index < -0.39 is 0 Å². The first kappa shape index (κ1) is 12.7. The van der Waals surface area contributed by atoms with E-state index in [9.17, 15) is 0 Å². The predicted octanol–water partition coefficient (Wildman–Crippen LogP) is 1.86. The number of hydrazine groups is 1. The van der Waals surface area contributed by atoms with Crippen molar-refractivity contribution in [1.82, 2.24) is 5.43 Å². The van der Waals surface area contributed by atoms with Crippen LogP contribution in [0.25, 0.3) is 0 Å². The van der Waals surface area contributed by atoms with Gasteiger partial charge >= 0.3 is 0 Å². The smallest absolute Gasteiger partial charge is 0.142 e. The number of amidine groups is 1. The number of nitrogens with two attached hydrogens (primary N) is 1. The molecule has 1 aromatic carbocycles. The highest BCUT2D eigenvalue weighted by atomic mass is 15.2. The van der Waals surface area contributed by atoms with Crippen LogP contribution in [0.3, 0.4) is 0 Å². The summed E-state index contributed by atoms with van der Waals surface area (Å²) >= 11 is 0.